The second-order valence-electron chi connectivity index (χ2n) is 4.00. The van der Waals surface area contributed by atoms with Gasteiger partial charge < -0.3 is 10.1 Å². The van der Waals surface area contributed by atoms with Gasteiger partial charge in [0, 0.05) is 20.3 Å². The number of aromatic nitrogens is 3. The number of ether oxygens (including phenoxy) is 1. The minimum Gasteiger partial charge on any atom is -0.385 e. The fourth-order valence-electron chi connectivity index (χ4n) is 1.42. The fraction of sp³-hybridized carbons (Fsp3) is 0.818. The van der Waals surface area contributed by atoms with E-state index < -0.39 is 0 Å². The van der Waals surface area contributed by atoms with Crippen LogP contribution in [0.2, 0.25) is 0 Å². The van der Waals surface area contributed by atoms with Crippen molar-refractivity contribution < 1.29 is 4.74 Å². The van der Waals surface area contributed by atoms with Gasteiger partial charge in [0.2, 0.25) is 0 Å². The van der Waals surface area contributed by atoms with Crippen LogP contribution in [0.3, 0.4) is 0 Å². The van der Waals surface area contributed by atoms with E-state index in [1.807, 2.05) is 10.9 Å². The largest absolute Gasteiger partial charge is 0.385 e. The maximum Gasteiger partial charge on any atom is 0.0964 e. The van der Waals surface area contributed by atoms with E-state index in [0.29, 0.717) is 6.04 Å². The van der Waals surface area contributed by atoms with Crippen LogP contribution in [0.25, 0.3) is 0 Å². The molecule has 1 aromatic heterocycles. The van der Waals surface area contributed by atoms with Crippen LogP contribution >= 0.6 is 0 Å². The van der Waals surface area contributed by atoms with Crippen molar-refractivity contribution in [3.63, 3.8) is 0 Å². The molecule has 92 valence electrons. The second-order valence-corrected chi connectivity index (χ2v) is 4.00. The summed E-state index contributed by atoms with van der Waals surface area (Å²) in [6.45, 7) is 6.84. The van der Waals surface area contributed by atoms with Gasteiger partial charge in [0.05, 0.1) is 17.9 Å². The average molecular weight is 226 g/mol. The molecule has 0 bridgehead atoms. The number of hydrogen-bond donors (Lipinski definition) is 1. The number of nitrogens with one attached hydrogen (secondary N) is 1. The van der Waals surface area contributed by atoms with Gasteiger partial charge in [-0.2, -0.15) is 0 Å². The topological polar surface area (TPSA) is 52.0 Å². The molecule has 0 fully saturated rings. The maximum absolute atomic E-state index is 5.05. The molecule has 0 aliphatic carbocycles. The van der Waals surface area contributed by atoms with E-state index in [4.69, 9.17) is 4.74 Å². The summed E-state index contributed by atoms with van der Waals surface area (Å²) in [5.74, 6) is 0. The molecule has 1 heterocycles. The highest BCUT2D eigenvalue weighted by Crippen LogP contribution is 2.08. The van der Waals surface area contributed by atoms with Crippen molar-refractivity contribution >= 4 is 0 Å². The Morgan fingerprint density at radius 1 is 1.56 bits per heavy atom. The van der Waals surface area contributed by atoms with Crippen molar-refractivity contribution in [3.05, 3.63) is 11.9 Å². The molecule has 0 spiro atoms. The quantitative estimate of drug-likeness (QED) is 0.680. The van der Waals surface area contributed by atoms with Gasteiger partial charge in [-0.25, -0.2) is 4.68 Å². The molecule has 5 nitrogen and oxygen atoms in total. The van der Waals surface area contributed by atoms with E-state index in [2.05, 4.69) is 29.5 Å². The molecule has 0 radical (unpaired) electrons. The number of hydrogen-bond acceptors (Lipinski definition) is 4. The maximum atomic E-state index is 5.05. The first kappa shape index (κ1) is 13.1. The van der Waals surface area contributed by atoms with Crippen molar-refractivity contribution in [2.75, 3.05) is 20.3 Å². The smallest absolute Gasteiger partial charge is 0.0964 e. The lowest BCUT2D eigenvalue weighted by Crippen LogP contribution is -2.14. The Hall–Kier alpha value is -0.940. The summed E-state index contributed by atoms with van der Waals surface area (Å²) >= 11 is 0. The van der Waals surface area contributed by atoms with Crippen LogP contribution < -0.4 is 5.32 Å². The van der Waals surface area contributed by atoms with E-state index >= 15 is 0 Å². The highest BCUT2D eigenvalue weighted by molar-refractivity contribution is 4.92. The zero-order chi connectivity index (χ0) is 11.8. The van der Waals surface area contributed by atoms with Gasteiger partial charge in [0.1, 0.15) is 0 Å². The lowest BCUT2D eigenvalue weighted by molar-refractivity contribution is 0.178. The Labute approximate surface area is 97.2 Å². The summed E-state index contributed by atoms with van der Waals surface area (Å²) in [6.07, 6.45) is 4.10. The van der Waals surface area contributed by atoms with E-state index in [9.17, 15) is 0 Å². The van der Waals surface area contributed by atoms with Crippen molar-refractivity contribution in [2.45, 2.75) is 39.3 Å². The summed E-state index contributed by atoms with van der Waals surface area (Å²) in [7, 11) is 1.72. The van der Waals surface area contributed by atoms with Gasteiger partial charge >= 0.3 is 0 Å². The van der Waals surface area contributed by atoms with Crippen LogP contribution in [0.1, 0.15) is 38.4 Å². The Balaban J connectivity index is 2.37. The van der Waals surface area contributed by atoms with Crippen LogP contribution in [0.5, 0.6) is 0 Å². The lowest BCUT2D eigenvalue weighted by Gasteiger charge is -2.09. The SMILES string of the molecule is CCCNCc1cn(C(C)CCOC)nn1. The fourth-order valence-corrected chi connectivity index (χ4v) is 1.42. The predicted molar refractivity (Wildman–Crippen MR) is 63.2 cm³/mol. The van der Waals surface area contributed by atoms with Gasteiger partial charge in [0.15, 0.2) is 0 Å². The summed E-state index contributed by atoms with van der Waals surface area (Å²) in [5.41, 5.74) is 0.998. The van der Waals surface area contributed by atoms with E-state index in [-0.39, 0.29) is 0 Å². The summed E-state index contributed by atoms with van der Waals surface area (Å²) < 4.78 is 6.95. The summed E-state index contributed by atoms with van der Waals surface area (Å²) in [5, 5.41) is 11.6. The minimum atomic E-state index is 0.340. The molecule has 1 atom stereocenters. The Morgan fingerprint density at radius 3 is 3.06 bits per heavy atom. The van der Waals surface area contributed by atoms with Crippen LogP contribution in [-0.2, 0) is 11.3 Å². The molecular formula is C11H22N4O. The van der Waals surface area contributed by atoms with Crippen LogP contribution in [0.4, 0.5) is 0 Å². The minimum absolute atomic E-state index is 0.340. The van der Waals surface area contributed by atoms with Crippen molar-refractivity contribution in [3.8, 4) is 0 Å². The highest BCUT2D eigenvalue weighted by atomic mass is 16.5. The molecule has 0 aliphatic heterocycles. The molecule has 0 saturated carbocycles. The first-order valence-corrected chi connectivity index (χ1v) is 5.88. The molecule has 16 heavy (non-hydrogen) atoms. The third-order valence-corrected chi connectivity index (χ3v) is 2.48. The highest BCUT2D eigenvalue weighted by Gasteiger charge is 2.07. The zero-order valence-electron chi connectivity index (χ0n) is 10.4. The molecular weight excluding hydrogens is 204 g/mol. The normalized spacial score (nSPS) is 12.9. The molecule has 1 N–H and O–H groups in total. The Bertz CT molecular complexity index is 287. The molecule has 0 amide bonds. The first-order valence-electron chi connectivity index (χ1n) is 5.88. The van der Waals surface area contributed by atoms with E-state index in [1.165, 1.54) is 0 Å². The zero-order valence-corrected chi connectivity index (χ0v) is 10.4. The van der Waals surface area contributed by atoms with E-state index in [1.54, 1.807) is 7.11 Å². The monoisotopic (exact) mass is 226 g/mol. The average Bonchev–Trinajstić information content (AvgIpc) is 2.75. The molecule has 0 aliphatic rings. The first-order chi connectivity index (χ1) is 7.77. The molecule has 0 saturated heterocycles. The second kappa shape index (κ2) is 7.35. The molecule has 0 aromatic carbocycles. The third kappa shape index (κ3) is 4.28. The molecule has 1 aromatic rings. The van der Waals surface area contributed by atoms with Gasteiger partial charge in [0.25, 0.3) is 0 Å². The number of nitrogens with zero attached hydrogens (tertiary/aromatic N) is 3. The van der Waals surface area contributed by atoms with Crippen LogP contribution in [0, 0.1) is 0 Å². The molecule has 5 heteroatoms. The van der Waals surface area contributed by atoms with Crippen molar-refractivity contribution in [2.24, 2.45) is 0 Å². The van der Waals surface area contributed by atoms with Crippen molar-refractivity contribution in [1.29, 1.82) is 0 Å². The van der Waals surface area contributed by atoms with Gasteiger partial charge in [-0.1, -0.05) is 12.1 Å². The Kier molecular flexibility index (Phi) is 6.03. The standard InChI is InChI=1S/C11H22N4O/c1-4-6-12-8-11-9-15(14-13-11)10(2)5-7-16-3/h9-10,12H,4-8H2,1-3H3. The van der Waals surface area contributed by atoms with Gasteiger partial charge in [-0.15, -0.1) is 5.10 Å². The van der Waals surface area contributed by atoms with Gasteiger partial charge in [-0.05, 0) is 26.3 Å². The molecule has 1 rings (SSSR count). The van der Waals surface area contributed by atoms with Crippen LogP contribution in [-0.4, -0.2) is 35.3 Å². The number of methoxy groups -OCH3 is 1. The van der Waals surface area contributed by atoms with Crippen molar-refractivity contribution in [1.82, 2.24) is 20.3 Å². The van der Waals surface area contributed by atoms with Gasteiger partial charge in [-0.3, -0.25) is 0 Å². The summed E-state index contributed by atoms with van der Waals surface area (Å²) in [4.78, 5) is 0. The third-order valence-electron chi connectivity index (χ3n) is 2.48. The lowest BCUT2D eigenvalue weighted by atomic mass is 10.2. The van der Waals surface area contributed by atoms with Crippen LogP contribution in [0.15, 0.2) is 6.20 Å². The Morgan fingerprint density at radius 2 is 2.38 bits per heavy atom. The predicted octanol–water partition coefficient (Wildman–Crippen LogP) is 1.38. The van der Waals surface area contributed by atoms with E-state index in [0.717, 1.165) is 38.2 Å². The number of rotatable bonds is 8. The molecule has 1 unspecified atom stereocenters. The summed E-state index contributed by atoms with van der Waals surface area (Å²) in [6, 6.07) is 0.340.